The van der Waals surface area contributed by atoms with Gasteiger partial charge in [0.25, 0.3) is 0 Å². The largest absolute Gasteiger partial charge is 0.390 e. The Bertz CT molecular complexity index is 610. The highest BCUT2D eigenvalue weighted by Crippen LogP contribution is 2.22. The number of hydrogen-bond donors (Lipinski definition) is 2. The van der Waals surface area contributed by atoms with Crippen LogP contribution in [0.1, 0.15) is 17.8 Å². The van der Waals surface area contributed by atoms with E-state index in [0.29, 0.717) is 19.5 Å². The molecule has 19 heavy (non-hydrogen) atoms. The van der Waals surface area contributed by atoms with E-state index >= 15 is 0 Å². The third-order valence-corrected chi connectivity index (χ3v) is 3.53. The van der Waals surface area contributed by atoms with Gasteiger partial charge in [0.1, 0.15) is 5.82 Å². The molecule has 0 aromatic carbocycles. The Balaban J connectivity index is 2.04. The Morgan fingerprint density at radius 3 is 2.68 bits per heavy atom. The molecule has 0 unspecified atom stereocenters. The maximum Gasteiger partial charge on any atom is 0.157 e. The molecule has 0 amide bonds. The number of aliphatic hydroxyl groups excluding tert-OH is 2. The number of rotatable bonds is 1. The molecule has 1 saturated heterocycles. The van der Waals surface area contributed by atoms with E-state index in [9.17, 15) is 10.2 Å². The normalized spacial score (nSPS) is 24.1. The molecule has 0 aliphatic carbocycles. The van der Waals surface area contributed by atoms with E-state index in [0.717, 1.165) is 22.9 Å². The number of anilines is 1. The monoisotopic (exact) mass is 262 g/mol. The van der Waals surface area contributed by atoms with E-state index in [-0.39, 0.29) is 0 Å². The molecule has 2 aromatic heterocycles. The molecular formula is C13H18N4O2. The van der Waals surface area contributed by atoms with Gasteiger partial charge in [-0.1, -0.05) is 0 Å². The quantitative estimate of drug-likeness (QED) is 0.772. The number of aromatic nitrogens is 3. The van der Waals surface area contributed by atoms with Crippen molar-refractivity contribution in [1.29, 1.82) is 0 Å². The standard InChI is InChI=1S/C13H18N4O2/c1-8-6-13(16-4-3-10(18)11(19)7-16)17-12(14-8)5-9(2)15-17/h5-6,10-11,18-19H,3-4,7H2,1-2H3/t10-,11-/m1/s1. The number of piperidine rings is 1. The number of aliphatic hydroxyl groups is 2. The lowest BCUT2D eigenvalue weighted by molar-refractivity contribution is 0.00778. The van der Waals surface area contributed by atoms with Crippen LogP contribution in [0.3, 0.4) is 0 Å². The molecule has 0 bridgehead atoms. The minimum Gasteiger partial charge on any atom is -0.390 e. The number of nitrogens with zero attached hydrogens (tertiary/aromatic N) is 4. The third kappa shape index (κ3) is 2.17. The molecule has 0 saturated carbocycles. The number of hydrogen-bond acceptors (Lipinski definition) is 5. The smallest absolute Gasteiger partial charge is 0.157 e. The minimum atomic E-state index is -0.714. The molecule has 102 valence electrons. The Kier molecular flexibility index (Phi) is 2.91. The van der Waals surface area contributed by atoms with Gasteiger partial charge in [-0.25, -0.2) is 4.98 Å². The van der Waals surface area contributed by atoms with Gasteiger partial charge in [-0.3, -0.25) is 0 Å². The summed E-state index contributed by atoms with van der Waals surface area (Å²) >= 11 is 0. The van der Waals surface area contributed by atoms with Gasteiger partial charge in [-0.2, -0.15) is 9.61 Å². The van der Waals surface area contributed by atoms with Gasteiger partial charge in [0.2, 0.25) is 0 Å². The summed E-state index contributed by atoms with van der Waals surface area (Å²) in [5, 5.41) is 23.9. The van der Waals surface area contributed by atoms with Crippen LogP contribution in [0.25, 0.3) is 5.65 Å². The van der Waals surface area contributed by atoms with E-state index in [1.807, 2.05) is 30.9 Å². The van der Waals surface area contributed by atoms with Crippen molar-refractivity contribution in [3.63, 3.8) is 0 Å². The predicted octanol–water partition coefficient (Wildman–Crippen LogP) is 0.278. The Labute approximate surface area is 111 Å². The second-order valence-electron chi connectivity index (χ2n) is 5.18. The zero-order valence-corrected chi connectivity index (χ0v) is 11.1. The van der Waals surface area contributed by atoms with E-state index in [1.54, 1.807) is 4.52 Å². The highest BCUT2D eigenvalue weighted by Gasteiger charge is 2.27. The predicted molar refractivity (Wildman–Crippen MR) is 71.3 cm³/mol. The van der Waals surface area contributed by atoms with Crippen molar-refractivity contribution in [3.8, 4) is 0 Å². The van der Waals surface area contributed by atoms with E-state index in [2.05, 4.69) is 10.1 Å². The fourth-order valence-electron chi connectivity index (χ4n) is 2.55. The SMILES string of the molecule is Cc1cc(N2CC[C@@H](O)[C@H](O)C2)n2nc(C)cc2n1. The van der Waals surface area contributed by atoms with Gasteiger partial charge >= 0.3 is 0 Å². The molecular weight excluding hydrogens is 244 g/mol. The lowest BCUT2D eigenvalue weighted by Gasteiger charge is -2.34. The summed E-state index contributed by atoms with van der Waals surface area (Å²) in [6.07, 6.45) is -0.785. The van der Waals surface area contributed by atoms with Gasteiger partial charge in [-0.05, 0) is 20.3 Å². The number of β-amino-alcohol motifs (C(OH)–C–C–N with tert-alkyl or cyclic N) is 1. The molecule has 2 aromatic rings. The first-order valence-corrected chi connectivity index (χ1v) is 6.50. The minimum absolute atomic E-state index is 0.415. The van der Waals surface area contributed by atoms with Crippen LogP contribution in [0.15, 0.2) is 12.1 Å². The Hall–Kier alpha value is -1.66. The summed E-state index contributed by atoms with van der Waals surface area (Å²) in [6.45, 7) is 5.00. The highest BCUT2D eigenvalue weighted by atomic mass is 16.3. The molecule has 1 aliphatic rings. The van der Waals surface area contributed by atoms with Crippen molar-refractivity contribution in [2.45, 2.75) is 32.5 Å². The second-order valence-corrected chi connectivity index (χ2v) is 5.18. The molecule has 1 aliphatic heterocycles. The molecule has 2 atom stereocenters. The fourth-order valence-corrected chi connectivity index (χ4v) is 2.55. The van der Waals surface area contributed by atoms with Gasteiger partial charge in [-0.15, -0.1) is 0 Å². The summed E-state index contributed by atoms with van der Waals surface area (Å²) in [4.78, 5) is 6.49. The van der Waals surface area contributed by atoms with Crippen molar-refractivity contribution in [3.05, 3.63) is 23.5 Å². The van der Waals surface area contributed by atoms with Crippen molar-refractivity contribution in [2.75, 3.05) is 18.0 Å². The molecule has 6 nitrogen and oxygen atoms in total. The van der Waals surface area contributed by atoms with Crippen molar-refractivity contribution in [2.24, 2.45) is 0 Å². The average Bonchev–Trinajstić information content (AvgIpc) is 2.72. The van der Waals surface area contributed by atoms with Crippen LogP contribution in [0.5, 0.6) is 0 Å². The van der Waals surface area contributed by atoms with Gasteiger partial charge in [0.05, 0.1) is 17.9 Å². The highest BCUT2D eigenvalue weighted by molar-refractivity contribution is 5.52. The van der Waals surface area contributed by atoms with Crippen LogP contribution in [0.4, 0.5) is 5.82 Å². The van der Waals surface area contributed by atoms with Crippen LogP contribution < -0.4 is 4.90 Å². The summed E-state index contributed by atoms with van der Waals surface area (Å²) in [5.74, 6) is 0.918. The molecule has 0 spiro atoms. The second kappa shape index (κ2) is 4.47. The van der Waals surface area contributed by atoms with Crippen LogP contribution in [-0.2, 0) is 0 Å². The first kappa shape index (κ1) is 12.4. The van der Waals surface area contributed by atoms with Crippen molar-refractivity contribution in [1.82, 2.24) is 14.6 Å². The number of aryl methyl sites for hydroxylation is 2. The lowest BCUT2D eigenvalue weighted by atomic mass is 10.1. The first-order chi connectivity index (χ1) is 9.04. The number of fused-ring (bicyclic) bond motifs is 1. The molecule has 0 radical (unpaired) electrons. The molecule has 2 N–H and O–H groups in total. The molecule has 1 fully saturated rings. The Morgan fingerprint density at radius 1 is 1.16 bits per heavy atom. The third-order valence-electron chi connectivity index (χ3n) is 3.53. The summed E-state index contributed by atoms with van der Waals surface area (Å²) in [7, 11) is 0. The summed E-state index contributed by atoms with van der Waals surface area (Å²) in [5.41, 5.74) is 2.65. The van der Waals surface area contributed by atoms with E-state index < -0.39 is 12.2 Å². The van der Waals surface area contributed by atoms with Crippen LogP contribution in [0, 0.1) is 13.8 Å². The van der Waals surface area contributed by atoms with E-state index in [4.69, 9.17) is 0 Å². The summed E-state index contributed by atoms with van der Waals surface area (Å²) < 4.78 is 1.80. The molecule has 3 heterocycles. The van der Waals surface area contributed by atoms with Crippen LogP contribution in [-0.4, -0.2) is 50.1 Å². The fraction of sp³-hybridized carbons (Fsp3) is 0.538. The van der Waals surface area contributed by atoms with Crippen molar-refractivity contribution >= 4 is 11.5 Å². The zero-order chi connectivity index (χ0) is 13.6. The van der Waals surface area contributed by atoms with Crippen molar-refractivity contribution < 1.29 is 10.2 Å². The van der Waals surface area contributed by atoms with Crippen LogP contribution in [0.2, 0.25) is 0 Å². The van der Waals surface area contributed by atoms with E-state index in [1.165, 1.54) is 0 Å². The summed E-state index contributed by atoms with van der Waals surface area (Å²) in [6, 6.07) is 3.90. The maximum absolute atomic E-state index is 9.82. The van der Waals surface area contributed by atoms with Gasteiger partial charge < -0.3 is 15.1 Å². The average molecular weight is 262 g/mol. The molecule has 6 heteroatoms. The molecule has 3 rings (SSSR count). The topological polar surface area (TPSA) is 73.9 Å². The maximum atomic E-state index is 9.82. The first-order valence-electron chi connectivity index (χ1n) is 6.50. The lowest BCUT2D eigenvalue weighted by Crippen LogP contribution is -2.47. The van der Waals surface area contributed by atoms with Crippen LogP contribution >= 0.6 is 0 Å². The van der Waals surface area contributed by atoms with Gasteiger partial charge in [0.15, 0.2) is 5.65 Å². The van der Waals surface area contributed by atoms with Gasteiger partial charge in [0, 0.05) is 30.9 Å². The zero-order valence-electron chi connectivity index (χ0n) is 11.1. The Morgan fingerprint density at radius 2 is 1.95 bits per heavy atom.